The number of aromatic nitrogens is 1. The van der Waals surface area contributed by atoms with Gasteiger partial charge in [-0.05, 0) is 66.2 Å². The molecule has 0 aliphatic heterocycles. The van der Waals surface area contributed by atoms with Crippen molar-refractivity contribution in [2.24, 2.45) is 0 Å². The maximum Gasteiger partial charge on any atom is 0.262 e. The molecule has 0 spiro atoms. The predicted molar refractivity (Wildman–Crippen MR) is 109 cm³/mol. The zero-order valence-electron chi connectivity index (χ0n) is 15.1. The second kappa shape index (κ2) is 7.57. The molecule has 0 unspecified atom stereocenters. The van der Waals surface area contributed by atoms with Gasteiger partial charge < -0.3 is 10.2 Å². The van der Waals surface area contributed by atoms with E-state index in [2.05, 4.69) is 9.10 Å². The number of anilines is 1. The number of aliphatic hydroxyl groups excluding tert-OH is 1. The minimum absolute atomic E-state index is 0.0113. The van der Waals surface area contributed by atoms with Gasteiger partial charge in [-0.3, -0.25) is 4.72 Å². The van der Waals surface area contributed by atoms with Crippen molar-refractivity contribution in [3.8, 4) is 17.3 Å². The Bertz CT molecular complexity index is 1190. The van der Waals surface area contributed by atoms with Crippen LogP contribution in [0.15, 0.2) is 52.7 Å². The molecule has 1 aromatic heterocycles. The molecule has 9 heteroatoms. The van der Waals surface area contributed by atoms with Crippen molar-refractivity contribution < 1.29 is 18.6 Å². The lowest BCUT2D eigenvalue weighted by Gasteiger charge is -2.16. The van der Waals surface area contributed by atoms with Gasteiger partial charge in [0.15, 0.2) is 6.29 Å². The number of benzene rings is 2. The minimum Gasteiger partial charge on any atom is -0.364 e. The fraction of sp³-hybridized carbons (Fsp3) is 0.200. The number of nitriles is 1. The van der Waals surface area contributed by atoms with Gasteiger partial charge in [-0.1, -0.05) is 12.1 Å². The molecule has 7 nitrogen and oxygen atoms in total. The van der Waals surface area contributed by atoms with Gasteiger partial charge in [0, 0.05) is 16.5 Å². The normalized spacial score (nSPS) is 14.0. The highest BCUT2D eigenvalue weighted by molar-refractivity contribution is 7.92. The number of nitrogens with one attached hydrogen (secondary N) is 1. The van der Waals surface area contributed by atoms with E-state index in [0.29, 0.717) is 22.4 Å². The monoisotopic (exact) mass is 427 g/mol. The van der Waals surface area contributed by atoms with E-state index in [4.69, 9.17) is 0 Å². The third-order valence-corrected chi connectivity index (χ3v) is 6.73. The Morgan fingerprint density at radius 1 is 1.17 bits per heavy atom. The van der Waals surface area contributed by atoms with E-state index < -0.39 is 16.3 Å². The summed E-state index contributed by atoms with van der Waals surface area (Å²) in [5.74, 6) is 0.134. The van der Waals surface area contributed by atoms with Crippen LogP contribution in [0.3, 0.4) is 0 Å². The molecule has 1 fully saturated rings. The maximum absolute atomic E-state index is 13.3. The molecule has 1 heterocycles. The lowest BCUT2D eigenvalue weighted by atomic mass is 10.1. The molecule has 0 bridgehead atoms. The summed E-state index contributed by atoms with van der Waals surface area (Å²) in [7, 11) is -4.05. The fourth-order valence-electron chi connectivity index (χ4n) is 3.15. The van der Waals surface area contributed by atoms with Gasteiger partial charge in [0.25, 0.3) is 10.0 Å². The van der Waals surface area contributed by atoms with Crippen molar-refractivity contribution in [3.05, 3.63) is 64.5 Å². The quantitative estimate of drug-likeness (QED) is 0.519. The van der Waals surface area contributed by atoms with E-state index >= 15 is 0 Å². The van der Waals surface area contributed by atoms with Crippen LogP contribution in [0.2, 0.25) is 0 Å². The van der Waals surface area contributed by atoms with E-state index in [0.717, 1.165) is 12.8 Å². The van der Waals surface area contributed by atoms with Gasteiger partial charge in [0.1, 0.15) is 0 Å². The molecule has 2 aromatic carbocycles. The van der Waals surface area contributed by atoms with Gasteiger partial charge in [0.2, 0.25) is 0 Å². The Kier molecular flexibility index (Phi) is 5.10. The summed E-state index contributed by atoms with van der Waals surface area (Å²) >= 11 is 1.24. The zero-order chi connectivity index (χ0) is 20.6. The smallest absolute Gasteiger partial charge is 0.262 e. The number of hydrogen-bond donors (Lipinski definition) is 3. The highest BCUT2D eigenvalue weighted by Crippen LogP contribution is 2.44. The van der Waals surface area contributed by atoms with Crippen LogP contribution < -0.4 is 4.72 Å². The van der Waals surface area contributed by atoms with Crippen LogP contribution in [0, 0.1) is 11.3 Å². The summed E-state index contributed by atoms with van der Waals surface area (Å²) in [4.78, 5) is 0.0113. The van der Waals surface area contributed by atoms with Crippen molar-refractivity contribution >= 4 is 27.2 Å². The zero-order valence-corrected chi connectivity index (χ0v) is 16.7. The molecule has 148 valence electrons. The third-order valence-electron chi connectivity index (χ3n) is 4.75. The number of sulfonamides is 1. The number of hydrogen-bond acceptors (Lipinski definition) is 7. The van der Waals surface area contributed by atoms with Gasteiger partial charge >= 0.3 is 0 Å². The summed E-state index contributed by atoms with van der Waals surface area (Å²) in [6.45, 7) is 0. The Morgan fingerprint density at radius 3 is 2.59 bits per heavy atom. The summed E-state index contributed by atoms with van der Waals surface area (Å²) < 4.78 is 33.4. The molecule has 0 saturated heterocycles. The third kappa shape index (κ3) is 4.02. The topological polar surface area (TPSA) is 123 Å². The summed E-state index contributed by atoms with van der Waals surface area (Å²) in [5.41, 5.74) is 2.45. The SMILES string of the molecule is N#Cc1ccc(-c2ccsn2)c(NS(=O)(=O)c2cc(C(O)O)ccc2C2CC2)c1. The molecular weight excluding hydrogens is 410 g/mol. The molecule has 3 N–H and O–H groups in total. The highest BCUT2D eigenvalue weighted by atomic mass is 32.2. The Balaban J connectivity index is 1.81. The molecule has 0 atom stereocenters. The lowest BCUT2D eigenvalue weighted by molar-refractivity contribution is -0.0426. The van der Waals surface area contributed by atoms with Gasteiger partial charge in [0.05, 0.1) is 27.9 Å². The summed E-state index contributed by atoms with van der Waals surface area (Å²) in [5, 5.41) is 30.0. The number of nitrogens with zero attached hydrogens (tertiary/aromatic N) is 2. The maximum atomic E-state index is 13.3. The van der Waals surface area contributed by atoms with E-state index in [1.54, 1.807) is 29.6 Å². The van der Waals surface area contributed by atoms with Crippen LogP contribution in [0.1, 0.15) is 41.7 Å². The van der Waals surface area contributed by atoms with Crippen molar-refractivity contribution in [3.63, 3.8) is 0 Å². The lowest BCUT2D eigenvalue weighted by Crippen LogP contribution is -2.16. The second-order valence-electron chi connectivity index (χ2n) is 6.81. The Hall–Kier alpha value is -2.77. The Labute approximate surface area is 172 Å². The second-order valence-corrected chi connectivity index (χ2v) is 9.12. The minimum atomic E-state index is -4.05. The molecule has 3 aromatic rings. The first kappa shape index (κ1) is 19.5. The highest BCUT2D eigenvalue weighted by Gasteiger charge is 2.31. The van der Waals surface area contributed by atoms with E-state index in [-0.39, 0.29) is 22.1 Å². The first-order valence-electron chi connectivity index (χ1n) is 8.87. The fourth-order valence-corrected chi connectivity index (χ4v) is 5.08. The van der Waals surface area contributed by atoms with Crippen LogP contribution in [-0.4, -0.2) is 23.0 Å². The van der Waals surface area contributed by atoms with Crippen LogP contribution in [0.4, 0.5) is 5.69 Å². The van der Waals surface area contributed by atoms with E-state index in [1.165, 1.54) is 29.7 Å². The number of aliphatic hydroxyl groups is 2. The van der Waals surface area contributed by atoms with Crippen LogP contribution in [0.25, 0.3) is 11.3 Å². The average Bonchev–Trinajstić information content (AvgIpc) is 3.41. The Morgan fingerprint density at radius 2 is 1.97 bits per heavy atom. The van der Waals surface area contributed by atoms with Crippen molar-refractivity contribution in [2.45, 2.75) is 29.9 Å². The van der Waals surface area contributed by atoms with Gasteiger partial charge in [-0.25, -0.2) is 8.42 Å². The first-order valence-corrected chi connectivity index (χ1v) is 11.2. The summed E-state index contributed by atoms with van der Waals surface area (Å²) in [6, 6.07) is 12.9. The molecule has 4 rings (SSSR count). The van der Waals surface area contributed by atoms with E-state index in [1.807, 2.05) is 6.07 Å². The molecule has 1 aliphatic rings. The van der Waals surface area contributed by atoms with Crippen LogP contribution in [-0.2, 0) is 10.0 Å². The van der Waals surface area contributed by atoms with Crippen LogP contribution in [0.5, 0.6) is 0 Å². The van der Waals surface area contributed by atoms with Crippen molar-refractivity contribution in [2.75, 3.05) is 4.72 Å². The van der Waals surface area contributed by atoms with Crippen LogP contribution >= 0.6 is 11.5 Å². The average molecular weight is 428 g/mol. The molecule has 0 amide bonds. The van der Waals surface area contributed by atoms with Gasteiger partial charge in [-0.15, -0.1) is 0 Å². The van der Waals surface area contributed by atoms with Gasteiger partial charge in [-0.2, -0.15) is 9.64 Å². The molecule has 29 heavy (non-hydrogen) atoms. The standard InChI is InChI=1S/C20H17N3O4S2/c21-11-12-1-5-16(17-7-8-28-22-17)18(9-12)23-29(26,27)19-10-14(20(24)25)4-6-15(19)13-2-3-13/h1,4-10,13,20,23-25H,2-3H2. The molecule has 0 radical (unpaired) electrons. The largest absolute Gasteiger partial charge is 0.364 e. The number of rotatable bonds is 6. The first-order chi connectivity index (χ1) is 13.9. The molecular formula is C20H17N3O4S2. The predicted octanol–water partition coefficient (Wildman–Crippen LogP) is 3.34. The van der Waals surface area contributed by atoms with Crippen molar-refractivity contribution in [1.82, 2.24) is 4.37 Å². The molecule has 1 aliphatic carbocycles. The van der Waals surface area contributed by atoms with Crippen molar-refractivity contribution in [1.29, 1.82) is 5.26 Å². The summed E-state index contributed by atoms with van der Waals surface area (Å²) in [6.07, 6.45) is -0.000548. The van der Waals surface area contributed by atoms with E-state index in [9.17, 15) is 23.9 Å². The molecule has 1 saturated carbocycles.